The van der Waals surface area contributed by atoms with Gasteiger partial charge in [-0.1, -0.05) is 22.4 Å². The topological polar surface area (TPSA) is 63.4 Å². The maximum Gasteiger partial charge on any atom is 0.134 e. The zero-order chi connectivity index (χ0) is 12.0. The molecule has 1 aromatic rings. The Labute approximate surface area is 94.0 Å². The molecule has 5 heteroatoms. The van der Waals surface area contributed by atoms with Gasteiger partial charge in [0.05, 0.1) is 0 Å². The van der Waals surface area contributed by atoms with Crippen molar-refractivity contribution in [1.82, 2.24) is 0 Å². The van der Waals surface area contributed by atoms with Gasteiger partial charge in [-0.25, -0.2) is 0 Å². The minimum Gasteiger partial charge on any atom is -0.508 e. The monoisotopic (exact) mass is 222 g/mol. The molecule has 0 aliphatic heterocycles. The van der Waals surface area contributed by atoms with Crippen LogP contribution in [0.4, 0.5) is 0 Å². The van der Waals surface area contributed by atoms with Crippen molar-refractivity contribution in [3.63, 3.8) is 0 Å². The Bertz CT molecular complexity index is 413. The molecule has 0 saturated heterocycles. The first kappa shape index (κ1) is 12.0. The standard InChI is InChI=1S/C11H14N2O3/c1-8(12-15-2)11(13-16-3)9-5-4-6-10(14)7-9/h4-7,14H,1-3H3. The normalized spacial score (nSPS) is 12.4. The van der Waals surface area contributed by atoms with E-state index in [1.165, 1.54) is 14.2 Å². The zero-order valence-electron chi connectivity index (χ0n) is 9.47. The van der Waals surface area contributed by atoms with Crippen molar-refractivity contribution in [3.05, 3.63) is 29.8 Å². The molecular formula is C11H14N2O3. The number of phenolic OH excluding ortho intramolecular Hbond substituents is 1. The SMILES string of the molecule is CON=C(C)C(=NOC)c1cccc(O)c1. The van der Waals surface area contributed by atoms with E-state index in [4.69, 9.17) is 4.84 Å². The molecule has 0 amide bonds. The molecule has 0 atom stereocenters. The highest BCUT2D eigenvalue weighted by atomic mass is 16.6. The lowest BCUT2D eigenvalue weighted by atomic mass is 10.1. The molecule has 5 nitrogen and oxygen atoms in total. The predicted molar refractivity (Wildman–Crippen MR) is 61.8 cm³/mol. The van der Waals surface area contributed by atoms with Crippen LogP contribution in [0, 0.1) is 0 Å². The van der Waals surface area contributed by atoms with Gasteiger partial charge in [0.2, 0.25) is 0 Å². The average molecular weight is 222 g/mol. The smallest absolute Gasteiger partial charge is 0.134 e. The molecule has 16 heavy (non-hydrogen) atoms. The van der Waals surface area contributed by atoms with Gasteiger partial charge in [0.1, 0.15) is 31.4 Å². The van der Waals surface area contributed by atoms with Crippen LogP contribution in [0.5, 0.6) is 5.75 Å². The van der Waals surface area contributed by atoms with Crippen LogP contribution < -0.4 is 0 Å². The largest absolute Gasteiger partial charge is 0.508 e. The number of hydrogen-bond donors (Lipinski definition) is 1. The van der Waals surface area contributed by atoms with Crippen molar-refractivity contribution in [2.45, 2.75) is 6.92 Å². The fourth-order valence-electron chi connectivity index (χ4n) is 1.25. The zero-order valence-corrected chi connectivity index (χ0v) is 9.47. The molecule has 0 aliphatic rings. The molecule has 0 spiro atoms. The first-order valence-electron chi connectivity index (χ1n) is 4.67. The Balaban J connectivity index is 3.13. The number of hydrogen-bond acceptors (Lipinski definition) is 5. The number of nitrogens with zero attached hydrogens (tertiary/aromatic N) is 2. The summed E-state index contributed by atoms with van der Waals surface area (Å²) in [5.41, 5.74) is 1.79. The lowest BCUT2D eigenvalue weighted by molar-refractivity contribution is 0.210. The molecule has 0 saturated carbocycles. The highest BCUT2D eigenvalue weighted by Crippen LogP contribution is 2.13. The van der Waals surface area contributed by atoms with E-state index in [1.54, 1.807) is 31.2 Å². The summed E-state index contributed by atoms with van der Waals surface area (Å²) in [6.07, 6.45) is 0. The van der Waals surface area contributed by atoms with Crippen molar-refractivity contribution in [2.24, 2.45) is 10.3 Å². The quantitative estimate of drug-likeness (QED) is 0.623. The molecule has 0 bridgehead atoms. The minimum absolute atomic E-state index is 0.159. The lowest BCUT2D eigenvalue weighted by Crippen LogP contribution is -2.13. The lowest BCUT2D eigenvalue weighted by Gasteiger charge is -2.05. The number of benzene rings is 1. The highest BCUT2D eigenvalue weighted by Gasteiger charge is 2.09. The van der Waals surface area contributed by atoms with Crippen molar-refractivity contribution in [3.8, 4) is 5.75 Å². The van der Waals surface area contributed by atoms with Crippen LogP contribution >= 0.6 is 0 Å². The van der Waals surface area contributed by atoms with Crippen molar-refractivity contribution >= 4 is 11.4 Å². The third kappa shape index (κ3) is 2.98. The van der Waals surface area contributed by atoms with E-state index in [1.807, 2.05) is 0 Å². The van der Waals surface area contributed by atoms with Gasteiger partial charge in [-0.3, -0.25) is 0 Å². The van der Waals surface area contributed by atoms with Gasteiger partial charge in [-0.2, -0.15) is 0 Å². The van der Waals surface area contributed by atoms with Crippen LogP contribution in [0.2, 0.25) is 0 Å². The second-order valence-corrected chi connectivity index (χ2v) is 3.03. The van der Waals surface area contributed by atoms with Gasteiger partial charge in [0.15, 0.2) is 0 Å². The molecule has 1 rings (SSSR count). The van der Waals surface area contributed by atoms with Gasteiger partial charge in [-0.15, -0.1) is 0 Å². The van der Waals surface area contributed by atoms with Crippen LogP contribution in [-0.2, 0) is 9.68 Å². The Hall–Kier alpha value is -2.04. The fraction of sp³-hybridized carbons (Fsp3) is 0.273. The number of phenols is 1. The predicted octanol–water partition coefficient (Wildman–Crippen LogP) is 1.76. The van der Waals surface area contributed by atoms with Crippen LogP contribution in [0.25, 0.3) is 0 Å². The summed E-state index contributed by atoms with van der Waals surface area (Å²) in [6, 6.07) is 6.67. The number of rotatable bonds is 4. The second kappa shape index (κ2) is 5.75. The summed E-state index contributed by atoms with van der Waals surface area (Å²) in [5, 5.41) is 17.0. The first-order chi connectivity index (χ1) is 7.69. The number of aromatic hydroxyl groups is 1. The molecule has 0 fully saturated rings. The Kier molecular flexibility index (Phi) is 4.32. The van der Waals surface area contributed by atoms with E-state index in [9.17, 15) is 5.11 Å². The third-order valence-corrected chi connectivity index (χ3v) is 1.87. The molecule has 86 valence electrons. The Morgan fingerprint density at radius 1 is 1.19 bits per heavy atom. The summed E-state index contributed by atoms with van der Waals surface area (Å²) in [6.45, 7) is 1.74. The van der Waals surface area contributed by atoms with Crippen LogP contribution in [0.3, 0.4) is 0 Å². The first-order valence-corrected chi connectivity index (χ1v) is 4.67. The van der Waals surface area contributed by atoms with E-state index in [-0.39, 0.29) is 5.75 Å². The van der Waals surface area contributed by atoms with E-state index < -0.39 is 0 Å². The molecule has 1 N–H and O–H groups in total. The fourth-order valence-corrected chi connectivity index (χ4v) is 1.25. The maximum atomic E-state index is 9.37. The van der Waals surface area contributed by atoms with Crippen molar-refractivity contribution in [2.75, 3.05) is 14.2 Å². The minimum atomic E-state index is 0.159. The molecule has 1 aromatic carbocycles. The van der Waals surface area contributed by atoms with E-state index >= 15 is 0 Å². The number of oxime groups is 2. The van der Waals surface area contributed by atoms with Gasteiger partial charge < -0.3 is 14.8 Å². The molecule has 0 aromatic heterocycles. The second-order valence-electron chi connectivity index (χ2n) is 3.03. The van der Waals surface area contributed by atoms with E-state index in [2.05, 4.69) is 15.1 Å². The van der Waals surface area contributed by atoms with Gasteiger partial charge in [0.25, 0.3) is 0 Å². The molecular weight excluding hydrogens is 208 g/mol. The van der Waals surface area contributed by atoms with E-state index in [0.29, 0.717) is 17.0 Å². The van der Waals surface area contributed by atoms with Crippen molar-refractivity contribution in [1.29, 1.82) is 0 Å². The summed E-state index contributed by atoms with van der Waals surface area (Å²) < 4.78 is 0. The van der Waals surface area contributed by atoms with Gasteiger partial charge in [0, 0.05) is 5.56 Å². The maximum absolute atomic E-state index is 9.37. The van der Waals surface area contributed by atoms with E-state index in [0.717, 1.165) is 0 Å². The molecule has 0 heterocycles. The average Bonchev–Trinajstić information content (AvgIpc) is 2.26. The molecule has 0 unspecified atom stereocenters. The molecule has 0 aliphatic carbocycles. The van der Waals surface area contributed by atoms with Crippen LogP contribution in [-0.4, -0.2) is 30.7 Å². The third-order valence-electron chi connectivity index (χ3n) is 1.87. The summed E-state index contributed by atoms with van der Waals surface area (Å²) in [4.78, 5) is 9.41. The van der Waals surface area contributed by atoms with Gasteiger partial charge in [-0.05, 0) is 19.1 Å². The highest BCUT2D eigenvalue weighted by molar-refractivity contribution is 6.47. The Morgan fingerprint density at radius 3 is 2.44 bits per heavy atom. The van der Waals surface area contributed by atoms with Crippen LogP contribution in [0.15, 0.2) is 34.6 Å². The summed E-state index contributed by atoms with van der Waals surface area (Å²) >= 11 is 0. The molecule has 0 radical (unpaired) electrons. The summed E-state index contributed by atoms with van der Waals surface area (Å²) in [5.74, 6) is 0.159. The summed E-state index contributed by atoms with van der Waals surface area (Å²) in [7, 11) is 2.90. The van der Waals surface area contributed by atoms with Gasteiger partial charge >= 0.3 is 0 Å². The Morgan fingerprint density at radius 2 is 1.88 bits per heavy atom. The van der Waals surface area contributed by atoms with Crippen LogP contribution in [0.1, 0.15) is 12.5 Å². The van der Waals surface area contributed by atoms with Crippen molar-refractivity contribution < 1.29 is 14.8 Å².